The summed E-state index contributed by atoms with van der Waals surface area (Å²) in [6, 6.07) is 0. The van der Waals surface area contributed by atoms with E-state index in [0.29, 0.717) is 0 Å². The van der Waals surface area contributed by atoms with Gasteiger partial charge in [-0.2, -0.15) is 0 Å². The van der Waals surface area contributed by atoms with Crippen LogP contribution in [0, 0.1) is 0 Å². The van der Waals surface area contributed by atoms with Crippen molar-refractivity contribution in [1.29, 1.82) is 0 Å². The molecule has 0 aliphatic heterocycles. The summed E-state index contributed by atoms with van der Waals surface area (Å²) in [5.74, 6) is -5.02. The number of primary amides is 1. The van der Waals surface area contributed by atoms with Crippen molar-refractivity contribution in [2.75, 3.05) is 0 Å². The number of hydrogen-bond donors (Lipinski definition) is 5. The maximum atomic E-state index is 10.3. The van der Waals surface area contributed by atoms with Crippen molar-refractivity contribution in [2.24, 2.45) is 5.73 Å². The minimum atomic E-state index is -2.74. The van der Waals surface area contributed by atoms with Crippen molar-refractivity contribution < 1.29 is 39.6 Å². The molecule has 0 saturated heterocycles. The van der Waals surface area contributed by atoms with E-state index in [2.05, 4.69) is 5.73 Å². The lowest BCUT2D eigenvalue weighted by Gasteiger charge is -2.18. The summed E-state index contributed by atoms with van der Waals surface area (Å²) in [5.41, 5.74) is 1.43. The molecule has 9 heteroatoms. The number of carboxylic acids is 3. The summed E-state index contributed by atoms with van der Waals surface area (Å²) in [6.07, 6.45) is -2.04. The van der Waals surface area contributed by atoms with Crippen LogP contribution in [0.15, 0.2) is 0 Å². The number of rotatable bonds is 5. The van der Waals surface area contributed by atoms with Crippen LogP contribution in [-0.2, 0) is 19.2 Å². The molecule has 0 rings (SSSR count). The number of nitrogens with two attached hydrogens (primary N) is 1. The molecule has 0 aliphatic rings. The monoisotopic (exact) mass is 253 g/mol. The van der Waals surface area contributed by atoms with Crippen LogP contribution in [0.25, 0.3) is 0 Å². The Kier molecular flexibility index (Phi) is 10.8. The summed E-state index contributed by atoms with van der Waals surface area (Å²) < 4.78 is 0. The van der Waals surface area contributed by atoms with E-state index >= 15 is 0 Å². The van der Waals surface area contributed by atoms with Crippen LogP contribution in [0.3, 0.4) is 0 Å². The predicted molar refractivity (Wildman–Crippen MR) is 54.1 cm³/mol. The van der Waals surface area contributed by atoms with Gasteiger partial charge in [0.2, 0.25) is 6.41 Å². The van der Waals surface area contributed by atoms with E-state index < -0.39 is 36.4 Å². The average molecular weight is 253 g/mol. The highest BCUT2D eigenvalue weighted by molar-refractivity contribution is 5.88. The first-order valence-corrected chi connectivity index (χ1v) is 3.74. The number of hydrogen-bond acceptors (Lipinski definition) is 5. The second-order valence-corrected chi connectivity index (χ2v) is 2.61. The van der Waals surface area contributed by atoms with E-state index in [1.54, 1.807) is 0 Å². The molecule has 0 unspecified atom stereocenters. The van der Waals surface area contributed by atoms with Gasteiger partial charge in [0.1, 0.15) is 0 Å². The smallest absolute Gasteiger partial charge is 0.336 e. The maximum Gasteiger partial charge on any atom is 0.336 e. The molecule has 0 aromatic carbocycles. The van der Waals surface area contributed by atoms with Gasteiger partial charge in [0.25, 0.3) is 0 Å². The number of carbonyl (C=O) groups excluding carboxylic acids is 1. The lowest BCUT2D eigenvalue weighted by atomic mass is 9.96. The molecule has 100 valence electrons. The Morgan fingerprint density at radius 1 is 1.06 bits per heavy atom. The molecule has 0 radical (unpaired) electrons. The molecule has 0 saturated carbocycles. The van der Waals surface area contributed by atoms with Crippen LogP contribution in [0.2, 0.25) is 0 Å². The zero-order chi connectivity index (χ0) is 13.4. The van der Waals surface area contributed by atoms with Crippen LogP contribution in [0.5, 0.6) is 0 Å². The van der Waals surface area contributed by atoms with Gasteiger partial charge in [-0.05, 0) is 0 Å². The fourth-order valence-electron chi connectivity index (χ4n) is 0.714. The van der Waals surface area contributed by atoms with Gasteiger partial charge in [-0.3, -0.25) is 14.4 Å². The summed E-state index contributed by atoms with van der Waals surface area (Å²) in [7, 11) is 0. The minimum absolute atomic E-state index is 0. The summed E-state index contributed by atoms with van der Waals surface area (Å²) in [5, 5.41) is 33.8. The first-order valence-electron chi connectivity index (χ1n) is 3.74. The Bertz CT molecular complexity index is 271. The van der Waals surface area contributed by atoms with Crippen molar-refractivity contribution >= 4 is 24.3 Å². The quantitative estimate of drug-likeness (QED) is 0.367. The molecule has 0 aromatic rings. The largest absolute Gasteiger partial charge is 0.481 e. The van der Waals surface area contributed by atoms with Gasteiger partial charge in [0.05, 0.1) is 12.8 Å². The second kappa shape index (κ2) is 9.09. The molecule has 6 N–H and O–H groups in total. The number of aliphatic carboxylic acids is 3. The SMILES string of the molecule is C.NC=O.O=C(O)CC(O)(CC(=O)O)C(=O)O. The lowest BCUT2D eigenvalue weighted by Crippen LogP contribution is -2.42. The molecular formula is C8H15NO8. The molecule has 1 amide bonds. The van der Waals surface area contributed by atoms with Crippen LogP contribution in [-0.4, -0.2) is 50.3 Å². The van der Waals surface area contributed by atoms with Crippen molar-refractivity contribution in [1.82, 2.24) is 0 Å². The first-order chi connectivity index (χ1) is 7.19. The third kappa shape index (κ3) is 10.1. The highest BCUT2D eigenvalue weighted by Gasteiger charge is 2.40. The van der Waals surface area contributed by atoms with Gasteiger partial charge in [-0.15, -0.1) is 0 Å². The Hall–Kier alpha value is -2.16. The van der Waals surface area contributed by atoms with Crippen LogP contribution < -0.4 is 5.73 Å². The zero-order valence-electron chi connectivity index (χ0n) is 7.99. The Morgan fingerprint density at radius 3 is 1.41 bits per heavy atom. The van der Waals surface area contributed by atoms with E-state index in [0.717, 1.165) is 0 Å². The van der Waals surface area contributed by atoms with Crippen molar-refractivity contribution in [3.8, 4) is 0 Å². The minimum Gasteiger partial charge on any atom is -0.481 e. The topological polar surface area (TPSA) is 175 Å². The first kappa shape index (κ1) is 20.3. The van der Waals surface area contributed by atoms with E-state index in [9.17, 15) is 14.4 Å². The Balaban J connectivity index is -0.000000440. The molecule has 17 heavy (non-hydrogen) atoms. The fraction of sp³-hybridized carbons (Fsp3) is 0.500. The third-order valence-electron chi connectivity index (χ3n) is 1.29. The normalized spacial score (nSPS) is 9.00. The average Bonchev–Trinajstić information content (AvgIpc) is 2.01. The molecule has 0 aliphatic carbocycles. The maximum absolute atomic E-state index is 10.3. The molecule has 0 aromatic heterocycles. The van der Waals surface area contributed by atoms with E-state index in [-0.39, 0.29) is 13.8 Å². The second-order valence-electron chi connectivity index (χ2n) is 2.61. The highest BCUT2D eigenvalue weighted by atomic mass is 16.4. The summed E-state index contributed by atoms with van der Waals surface area (Å²) in [6.45, 7) is 0. The van der Waals surface area contributed by atoms with Crippen molar-refractivity contribution in [3.05, 3.63) is 0 Å². The van der Waals surface area contributed by atoms with Gasteiger partial charge >= 0.3 is 17.9 Å². The van der Waals surface area contributed by atoms with Crippen LogP contribution in [0.1, 0.15) is 20.3 Å². The van der Waals surface area contributed by atoms with Crippen LogP contribution >= 0.6 is 0 Å². The van der Waals surface area contributed by atoms with Gasteiger partial charge in [-0.25, -0.2) is 4.79 Å². The standard InChI is InChI=1S/C6H8O7.CH3NO.CH4/c7-3(8)1-6(13,5(11)12)2-4(9)10;2-1-3;/h13H,1-2H2,(H,7,8)(H,9,10)(H,11,12);1H,(H2,2,3);1H4. The molecule has 0 heterocycles. The van der Waals surface area contributed by atoms with E-state index in [4.69, 9.17) is 25.2 Å². The molecule has 0 bridgehead atoms. The Morgan fingerprint density at radius 2 is 1.29 bits per heavy atom. The van der Waals surface area contributed by atoms with Gasteiger partial charge < -0.3 is 26.2 Å². The fourth-order valence-corrected chi connectivity index (χ4v) is 0.714. The lowest BCUT2D eigenvalue weighted by molar-refractivity contribution is -0.170. The van der Waals surface area contributed by atoms with E-state index in [1.807, 2.05) is 0 Å². The van der Waals surface area contributed by atoms with Gasteiger partial charge in [0, 0.05) is 0 Å². The number of carboxylic acid groups (broad SMARTS) is 3. The van der Waals surface area contributed by atoms with Crippen molar-refractivity contribution in [3.63, 3.8) is 0 Å². The number of aliphatic hydroxyl groups is 1. The van der Waals surface area contributed by atoms with Gasteiger partial charge in [-0.1, -0.05) is 7.43 Å². The predicted octanol–water partition coefficient (Wildman–Crippen LogP) is -1.51. The van der Waals surface area contributed by atoms with Crippen molar-refractivity contribution in [2.45, 2.75) is 25.9 Å². The highest BCUT2D eigenvalue weighted by Crippen LogP contribution is 2.15. The molecule has 0 fully saturated rings. The van der Waals surface area contributed by atoms with Gasteiger partial charge in [0.15, 0.2) is 5.60 Å². The zero-order valence-corrected chi connectivity index (χ0v) is 7.99. The number of carbonyl (C=O) groups is 4. The Labute approximate surface area is 96.5 Å². The molecule has 9 nitrogen and oxygen atoms in total. The molecule has 0 atom stereocenters. The molecular weight excluding hydrogens is 238 g/mol. The van der Waals surface area contributed by atoms with Crippen LogP contribution in [0.4, 0.5) is 0 Å². The summed E-state index contributed by atoms with van der Waals surface area (Å²) >= 11 is 0. The third-order valence-corrected chi connectivity index (χ3v) is 1.29. The summed E-state index contributed by atoms with van der Waals surface area (Å²) in [4.78, 5) is 39.1. The van der Waals surface area contributed by atoms with E-state index in [1.165, 1.54) is 0 Å². The number of amides is 1. The molecule has 0 spiro atoms.